The van der Waals surface area contributed by atoms with E-state index in [9.17, 15) is 9.90 Å². The number of hydrogen-bond acceptors (Lipinski definition) is 4. The average molecular weight is 437 g/mol. The van der Waals surface area contributed by atoms with E-state index in [0.29, 0.717) is 5.82 Å². The number of H-pyrrole nitrogens is 1. The predicted octanol–water partition coefficient (Wildman–Crippen LogP) is 4.19. The fraction of sp³-hybridized carbons (Fsp3) is 0.440. The Morgan fingerprint density at radius 2 is 1.81 bits per heavy atom. The normalized spacial score (nSPS) is 20.0. The second kappa shape index (κ2) is 9.20. The predicted molar refractivity (Wildman–Crippen MR) is 125 cm³/mol. The number of carbonyl (C=O) groups excluding carboxylic acids is 1. The van der Waals surface area contributed by atoms with E-state index in [1.54, 1.807) is 7.11 Å². The molecule has 32 heavy (non-hydrogen) atoms. The molecule has 0 saturated heterocycles. The molecule has 0 bridgehead atoms. The lowest BCUT2D eigenvalue weighted by atomic mass is 9.77. The number of carbonyl (C=O) groups is 1. The van der Waals surface area contributed by atoms with Crippen LogP contribution in [0.5, 0.6) is 5.75 Å². The van der Waals surface area contributed by atoms with Gasteiger partial charge in [-0.2, -0.15) is 0 Å². The van der Waals surface area contributed by atoms with Crippen molar-refractivity contribution in [2.24, 2.45) is 0 Å². The lowest BCUT2D eigenvalue weighted by molar-refractivity contribution is 0.117. The van der Waals surface area contributed by atoms with E-state index in [0.717, 1.165) is 48.0 Å². The van der Waals surface area contributed by atoms with Crippen molar-refractivity contribution < 1.29 is 14.6 Å². The molecule has 1 aliphatic rings. The Hall–Kier alpha value is -3.06. The minimum Gasteiger partial charge on any atom is -0.497 e. The molecular formula is C25H32N4O3. The first-order valence-electron chi connectivity index (χ1n) is 11.2. The van der Waals surface area contributed by atoms with Gasteiger partial charge in [0, 0.05) is 11.5 Å². The smallest absolute Gasteiger partial charge is 0.315 e. The van der Waals surface area contributed by atoms with Crippen molar-refractivity contribution in [2.75, 3.05) is 7.11 Å². The summed E-state index contributed by atoms with van der Waals surface area (Å²) in [6.45, 7) is 4.20. The number of fused-ring (bicyclic) bond motifs is 1. The lowest BCUT2D eigenvalue weighted by Crippen LogP contribution is -2.49. The van der Waals surface area contributed by atoms with Gasteiger partial charge in [-0.1, -0.05) is 38.1 Å². The monoisotopic (exact) mass is 436 g/mol. The third-order valence-corrected chi connectivity index (χ3v) is 6.54. The summed E-state index contributed by atoms with van der Waals surface area (Å²) in [6.07, 6.45) is 2.75. The van der Waals surface area contributed by atoms with Crippen LogP contribution in [0.4, 0.5) is 4.79 Å². The van der Waals surface area contributed by atoms with E-state index in [1.807, 2.05) is 48.5 Å². The number of benzene rings is 2. The van der Waals surface area contributed by atoms with Gasteiger partial charge in [-0.3, -0.25) is 0 Å². The second-order valence-corrected chi connectivity index (χ2v) is 9.15. The zero-order chi connectivity index (χ0) is 22.7. The van der Waals surface area contributed by atoms with Crippen molar-refractivity contribution in [3.63, 3.8) is 0 Å². The maximum atomic E-state index is 13.0. The van der Waals surface area contributed by atoms with E-state index < -0.39 is 11.5 Å². The molecule has 1 aromatic heterocycles. The molecule has 0 aliphatic heterocycles. The highest BCUT2D eigenvalue weighted by Gasteiger charge is 2.36. The molecule has 4 N–H and O–H groups in total. The molecule has 1 atom stereocenters. The van der Waals surface area contributed by atoms with Crippen LogP contribution in [0.3, 0.4) is 0 Å². The highest BCUT2D eigenvalue weighted by atomic mass is 16.5. The molecule has 0 spiro atoms. The third kappa shape index (κ3) is 4.72. The number of nitrogens with one attached hydrogen (secondary N) is 3. The highest BCUT2D eigenvalue weighted by molar-refractivity contribution is 5.77. The summed E-state index contributed by atoms with van der Waals surface area (Å²) in [5.74, 6) is 1.50. The number of aliphatic hydroxyl groups is 1. The van der Waals surface area contributed by atoms with Crippen LogP contribution in [0.25, 0.3) is 11.0 Å². The van der Waals surface area contributed by atoms with Gasteiger partial charge < -0.3 is 25.5 Å². The van der Waals surface area contributed by atoms with Crippen LogP contribution in [-0.2, 0) is 5.41 Å². The maximum absolute atomic E-state index is 13.0. The number of methoxy groups -OCH3 is 1. The topological polar surface area (TPSA) is 99.3 Å². The first kappa shape index (κ1) is 22.1. The molecule has 0 radical (unpaired) electrons. The summed E-state index contributed by atoms with van der Waals surface area (Å²) in [6, 6.07) is 15.2. The Balaban J connectivity index is 1.62. The minimum atomic E-state index is -0.458. The summed E-state index contributed by atoms with van der Waals surface area (Å²) >= 11 is 0. The molecule has 3 aromatic rings. The number of aromatic amines is 1. The van der Waals surface area contributed by atoms with Gasteiger partial charge in [0.15, 0.2) is 0 Å². The van der Waals surface area contributed by atoms with E-state index in [-0.39, 0.29) is 18.2 Å². The zero-order valence-corrected chi connectivity index (χ0v) is 18.9. The molecule has 1 heterocycles. The van der Waals surface area contributed by atoms with Crippen LogP contribution < -0.4 is 15.4 Å². The van der Waals surface area contributed by atoms with Crippen molar-refractivity contribution >= 4 is 17.1 Å². The molecule has 2 amide bonds. The first-order valence-corrected chi connectivity index (χ1v) is 11.2. The summed E-state index contributed by atoms with van der Waals surface area (Å²) < 4.78 is 5.31. The third-order valence-electron chi connectivity index (χ3n) is 6.54. The van der Waals surface area contributed by atoms with Crippen molar-refractivity contribution in [1.29, 1.82) is 0 Å². The molecule has 170 valence electrons. The van der Waals surface area contributed by atoms with Gasteiger partial charge in [0.25, 0.3) is 0 Å². The summed E-state index contributed by atoms with van der Waals surface area (Å²) in [7, 11) is 1.65. The minimum absolute atomic E-state index is 0.0684. The molecule has 4 rings (SSSR count). The molecule has 1 fully saturated rings. The average Bonchev–Trinajstić information content (AvgIpc) is 3.22. The fourth-order valence-electron chi connectivity index (χ4n) is 4.47. The number of para-hydroxylation sites is 2. The number of urea groups is 1. The Morgan fingerprint density at radius 1 is 1.12 bits per heavy atom. The number of aliphatic hydroxyl groups excluding tert-OH is 1. The number of amides is 2. The van der Waals surface area contributed by atoms with E-state index in [2.05, 4.69) is 29.5 Å². The number of ether oxygens (including phenoxy) is 1. The van der Waals surface area contributed by atoms with Crippen molar-refractivity contribution in [3.05, 3.63) is 59.9 Å². The van der Waals surface area contributed by atoms with Gasteiger partial charge in [0.05, 0.1) is 30.3 Å². The van der Waals surface area contributed by atoms with E-state index in [4.69, 9.17) is 9.72 Å². The van der Waals surface area contributed by atoms with Crippen molar-refractivity contribution in [1.82, 2.24) is 20.6 Å². The summed E-state index contributed by atoms with van der Waals surface area (Å²) in [5.41, 5.74) is 2.40. The molecule has 7 heteroatoms. The molecule has 1 aliphatic carbocycles. The van der Waals surface area contributed by atoms with Gasteiger partial charge in [-0.25, -0.2) is 9.78 Å². The lowest BCUT2D eigenvalue weighted by Gasteiger charge is -2.35. The van der Waals surface area contributed by atoms with E-state index >= 15 is 0 Å². The first-order chi connectivity index (χ1) is 15.4. The Morgan fingerprint density at radius 3 is 2.47 bits per heavy atom. The van der Waals surface area contributed by atoms with Crippen LogP contribution in [0, 0.1) is 0 Å². The quantitative estimate of drug-likeness (QED) is 0.465. The van der Waals surface area contributed by atoms with Gasteiger partial charge in [-0.15, -0.1) is 0 Å². The molecule has 1 saturated carbocycles. The van der Waals surface area contributed by atoms with Crippen LogP contribution in [0.2, 0.25) is 0 Å². The fourth-order valence-corrected chi connectivity index (χ4v) is 4.47. The van der Waals surface area contributed by atoms with Crippen LogP contribution >= 0.6 is 0 Å². The summed E-state index contributed by atoms with van der Waals surface area (Å²) in [4.78, 5) is 21.2. The molecular weight excluding hydrogens is 404 g/mol. The van der Waals surface area contributed by atoms with E-state index in [1.165, 1.54) is 0 Å². The second-order valence-electron chi connectivity index (χ2n) is 9.15. The van der Waals surface area contributed by atoms with Crippen LogP contribution in [0.15, 0.2) is 48.5 Å². The van der Waals surface area contributed by atoms with Gasteiger partial charge in [0.2, 0.25) is 0 Å². The van der Waals surface area contributed by atoms with Crippen molar-refractivity contribution in [3.8, 4) is 5.75 Å². The van der Waals surface area contributed by atoms with Crippen LogP contribution in [0.1, 0.15) is 57.0 Å². The molecule has 2 aromatic carbocycles. The molecule has 7 nitrogen and oxygen atoms in total. The largest absolute Gasteiger partial charge is 0.497 e. The van der Waals surface area contributed by atoms with Gasteiger partial charge in [0.1, 0.15) is 11.6 Å². The molecule has 1 unspecified atom stereocenters. The summed E-state index contributed by atoms with van der Waals surface area (Å²) in [5, 5.41) is 16.0. The van der Waals surface area contributed by atoms with Gasteiger partial charge >= 0.3 is 6.03 Å². The maximum Gasteiger partial charge on any atom is 0.315 e. The number of aromatic nitrogens is 2. The number of imidazole rings is 1. The van der Waals surface area contributed by atoms with Crippen molar-refractivity contribution in [2.45, 2.75) is 63.1 Å². The zero-order valence-electron chi connectivity index (χ0n) is 18.9. The highest BCUT2D eigenvalue weighted by Crippen LogP contribution is 2.37. The number of rotatable bonds is 6. The van der Waals surface area contributed by atoms with Crippen LogP contribution in [-0.4, -0.2) is 40.4 Å². The Bertz CT molecular complexity index is 1020. The number of nitrogens with zero attached hydrogens (tertiary/aromatic N) is 1. The Labute approximate surface area is 188 Å². The standard InChI is InChI=1S/C25H32N4O3/c1-25(2,16-8-14-19(32-3)15-9-16)22(23-27-20-6-4-5-7-21(20)28-23)29-24(31)26-17-10-12-18(30)13-11-17/h4-9,14-15,17-18,22,30H,10-13H2,1-3H3,(H,27,28)(H2,26,29,31)/t17-,18-,22?. The Kier molecular flexibility index (Phi) is 6.37. The number of hydrogen-bond donors (Lipinski definition) is 4. The van der Waals surface area contributed by atoms with Gasteiger partial charge in [-0.05, 0) is 55.5 Å². The SMILES string of the molecule is COc1ccc(C(C)(C)C(NC(=O)N[C@H]2CC[C@H](O)CC2)c2nc3ccccc3[nH]2)cc1.